The Labute approximate surface area is 129 Å². The highest BCUT2D eigenvalue weighted by Crippen LogP contribution is 2.36. The summed E-state index contributed by atoms with van der Waals surface area (Å²) in [5, 5.41) is 20.6. The van der Waals surface area contributed by atoms with Gasteiger partial charge in [0.05, 0.1) is 5.57 Å². The Bertz CT molecular complexity index is 702. The molecule has 1 saturated heterocycles. The molecule has 1 aromatic rings. The molecule has 3 rings (SSSR count). The Morgan fingerprint density at radius 3 is 2.82 bits per heavy atom. The third kappa shape index (κ3) is 2.41. The van der Waals surface area contributed by atoms with E-state index in [-0.39, 0.29) is 33.9 Å². The van der Waals surface area contributed by atoms with E-state index in [9.17, 15) is 19.5 Å². The summed E-state index contributed by atoms with van der Waals surface area (Å²) < 4.78 is 0. The van der Waals surface area contributed by atoms with Crippen molar-refractivity contribution in [2.24, 2.45) is 0 Å². The molecule has 2 atom stereocenters. The van der Waals surface area contributed by atoms with Gasteiger partial charge < -0.3 is 20.4 Å². The Morgan fingerprint density at radius 1 is 1.36 bits per heavy atom. The van der Waals surface area contributed by atoms with Crippen molar-refractivity contribution in [3.8, 4) is 5.75 Å². The molecule has 2 aliphatic heterocycles. The number of benzene rings is 1. The third-order valence-corrected chi connectivity index (χ3v) is 4.77. The largest absolute Gasteiger partial charge is 0.508 e. The molecule has 0 saturated carbocycles. The maximum atomic E-state index is 12.1. The second-order valence-corrected chi connectivity index (χ2v) is 6.01. The van der Waals surface area contributed by atoms with Crippen LogP contribution in [0.25, 0.3) is 0 Å². The summed E-state index contributed by atoms with van der Waals surface area (Å²) in [6, 6.07) is 5.14. The van der Waals surface area contributed by atoms with Crippen LogP contribution in [0.2, 0.25) is 0 Å². The van der Waals surface area contributed by atoms with Crippen LogP contribution in [0, 0.1) is 0 Å². The molecule has 2 amide bonds. The lowest BCUT2D eigenvalue weighted by Crippen LogP contribution is -2.68. The second-order valence-electron chi connectivity index (χ2n) is 4.91. The highest BCUT2D eigenvalue weighted by atomic mass is 32.2. The zero-order valence-electron chi connectivity index (χ0n) is 11.2. The molecular weight excluding hydrogens is 308 g/mol. The molecule has 3 N–H and O–H groups in total. The number of aliphatic carboxylic acids is 1. The Kier molecular flexibility index (Phi) is 3.53. The fourth-order valence-corrected chi connectivity index (χ4v) is 3.55. The van der Waals surface area contributed by atoms with Gasteiger partial charge in [0.25, 0.3) is 11.8 Å². The molecule has 1 unspecified atom stereocenters. The standard InChI is InChI=1S/C14H12N2O5S/c17-9-3-1-2-7(4-9)11(18)15-10-12(19)16-5-8(14(20)21)6-22-13(10)16/h1-5,10,13,17H,6H2,(H,15,18)(H,20,21)/t10?,13-/m1/s1. The molecule has 114 valence electrons. The molecule has 0 bridgehead atoms. The predicted octanol–water partition coefficient (Wildman–Crippen LogP) is 0.374. The Morgan fingerprint density at radius 2 is 2.14 bits per heavy atom. The van der Waals surface area contributed by atoms with Gasteiger partial charge in [-0.3, -0.25) is 9.59 Å². The van der Waals surface area contributed by atoms with E-state index in [2.05, 4.69) is 5.32 Å². The highest BCUT2D eigenvalue weighted by Gasteiger charge is 2.49. The lowest BCUT2D eigenvalue weighted by Gasteiger charge is -2.47. The van der Waals surface area contributed by atoms with Gasteiger partial charge in [-0.15, -0.1) is 11.8 Å². The first-order chi connectivity index (χ1) is 10.5. The van der Waals surface area contributed by atoms with Crippen LogP contribution in [-0.4, -0.2) is 50.1 Å². The predicted molar refractivity (Wildman–Crippen MR) is 78.2 cm³/mol. The molecule has 2 aliphatic rings. The second kappa shape index (κ2) is 5.38. The van der Waals surface area contributed by atoms with E-state index < -0.39 is 17.9 Å². The number of phenols is 1. The maximum absolute atomic E-state index is 12.1. The number of carboxylic acid groups (broad SMARTS) is 1. The number of hydrogen-bond donors (Lipinski definition) is 3. The number of amides is 2. The van der Waals surface area contributed by atoms with Crippen molar-refractivity contribution in [1.82, 2.24) is 10.2 Å². The summed E-state index contributed by atoms with van der Waals surface area (Å²) in [5.74, 6) is -1.60. The van der Waals surface area contributed by atoms with Crippen LogP contribution in [0.15, 0.2) is 36.0 Å². The van der Waals surface area contributed by atoms with Gasteiger partial charge in [-0.25, -0.2) is 4.79 Å². The molecule has 7 nitrogen and oxygen atoms in total. The third-order valence-electron chi connectivity index (χ3n) is 3.45. The molecule has 0 aromatic heterocycles. The van der Waals surface area contributed by atoms with E-state index in [1.807, 2.05) is 0 Å². The minimum absolute atomic E-state index is 0.0321. The molecule has 8 heteroatoms. The van der Waals surface area contributed by atoms with Crippen molar-refractivity contribution < 1.29 is 24.6 Å². The summed E-state index contributed by atoms with van der Waals surface area (Å²) in [4.78, 5) is 36.3. The fraction of sp³-hybridized carbons (Fsp3) is 0.214. The number of carbonyl (C=O) groups is 3. The molecular formula is C14H12N2O5S. The number of fused-ring (bicyclic) bond motifs is 1. The zero-order chi connectivity index (χ0) is 15.9. The smallest absolute Gasteiger partial charge is 0.333 e. The van der Waals surface area contributed by atoms with Gasteiger partial charge in [-0.2, -0.15) is 0 Å². The van der Waals surface area contributed by atoms with Gasteiger partial charge in [0.15, 0.2) is 0 Å². The van der Waals surface area contributed by atoms with E-state index >= 15 is 0 Å². The first-order valence-corrected chi connectivity index (χ1v) is 7.50. The first-order valence-electron chi connectivity index (χ1n) is 6.45. The lowest BCUT2D eigenvalue weighted by atomic mass is 10.1. The van der Waals surface area contributed by atoms with E-state index in [4.69, 9.17) is 5.11 Å². The molecule has 1 aromatic carbocycles. The van der Waals surface area contributed by atoms with Crippen LogP contribution in [0.3, 0.4) is 0 Å². The van der Waals surface area contributed by atoms with Crippen molar-refractivity contribution in [2.75, 3.05) is 5.75 Å². The topological polar surface area (TPSA) is 107 Å². The molecule has 0 spiro atoms. The quantitative estimate of drug-likeness (QED) is 0.695. The zero-order valence-corrected chi connectivity index (χ0v) is 12.0. The monoisotopic (exact) mass is 320 g/mol. The average Bonchev–Trinajstić information content (AvgIpc) is 2.51. The summed E-state index contributed by atoms with van der Waals surface area (Å²) in [5.41, 5.74) is 0.418. The fourth-order valence-electron chi connectivity index (χ4n) is 2.30. The SMILES string of the molecule is O=C(O)C1=CN2C(=O)C(NC(=O)c3cccc(O)c3)[C@H]2SC1. The van der Waals surface area contributed by atoms with Crippen LogP contribution < -0.4 is 5.32 Å². The summed E-state index contributed by atoms with van der Waals surface area (Å²) >= 11 is 1.29. The Hall–Kier alpha value is -2.48. The van der Waals surface area contributed by atoms with E-state index in [1.54, 1.807) is 0 Å². The lowest BCUT2D eigenvalue weighted by molar-refractivity contribution is -0.141. The number of thioether (sulfide) groups is 1. The van der Waals surface area contributed by atoms with Gasteiger partial charge in [-0.05, 0) is 18.2 Å². The van der Waals surface area contributed by atoms with E-state index in [0.717, 1.165) is 0 Å². The van der Waals surface area contributed by atoms with Gasteiger partial charge in [0.2, 0.25) is 0 Å². The van der Waals surface area contributed by atoms with Gasteiger partial charge in [0, 0.05) is 17.5 Å². The number of nitrogens with one attached hydrogen (secondary N) is 1. The summed E-state index contributed by atoms with van der Waals surface area (Å²) in [7, 11) is 0. The number of aromatic hydroxyl groups is 1. The van der Waals surface area contributed by atoms with Gasteiger partial charge >= 0.3 is 5.97 Å². The van der Waals surface area contributed by atoms with Crippen molar-refractivity contribution >= 4 is 29.5 Å². The number of carbonyl (C=O) groups excluding carboxylic acids is 2. The van der Waals surface area contributed by atoms with Crippen molar-refractivity contribution in [3.63, 3.8) is 0 Å². The number of phenolic OH excluding ortho intramolecular Hbond substituents is 1. The van der Waals surface area contributed by atoms with Crippen LogP contribution in [0.5, 0.6) is 5.75 Å². The van der Waals surface area contributed by atoms with Crippen LogP contribution in [0.1, 0.15) is 10.4 Å². The minimum Gasteiger partial charge on any atom is -0.508 e. The van der Waals surface area contributed by atoms with Gasteiger partial charge in [-0.1, -0.05) is 6.07 Å². The molecule has 22 heavy (non-hydrogen) atoms. The number of carboxylic acids is 1. The average molecular weight is 320 g/mol. The normalized spacial score (nSPS) is 23.2. The summed E-state index contributed by atoms with van der Waals surface area (Å²) in [6.07, 6.45) is 1.32. The molecule has 0 aliphatic carbocycles. The number of hydrogen-bond acceptors (Lipinski definition) is 5. The number of β-lactam (4-membered cyclic amide) rings is 1. The first kappa shape index (κ1) is 14.5. The summed E-state index contributed by atoms with van der Waals surface area (Å²) in [6.45, 7) is 0. The van der Waals surface area contributed by atoms with Crippen LogP contribution >= 0.6 is 11.8 Å². The van der Waals surface area contributed by atoms with Crippen LogP contribution in [-0.2, 0) is 9.59 Å². The Balaban J connectivity index is 1.70. The van der Waals surface area contributed by atoms with Crippen LogP contribution in [0.4, 0.5) is 0 Å². The van der Waals surface area contributed by atoms with E-state index in [0.29, 0.717) is 0 Å². The number of nitrogens with zero attached hydrogens (tertiary/aromatic N) is 1. The van der Waals surface area contributed by atoms with E-state index in [1.165, 1.54) is 47.1 Å². The van der Waals surface area contributed by atoms with Crippen molar-refractivity contribution in [2.45, 2.75) is 11.4 Å². The molecule has 1 fully saturated rings. The van der Waals surface area contributed by atoms with Gasteiger partial charge in [0.1, 0.15) is 17.2 Å². The number of rotatable bonds is 3. The van der Waals surface area contributed by atoms with Crippen molar-refractivity contribution in [1.29, 1.82) is 0 Å². The highest BCUT2D eigenvalue weighted by molar-refractivity contribution is 8.00. The molecule has 0 radical (unpaired) electrons. The molecule has 2 heterocycles. The minimum atomic E-state index is -1.05. The maximum Gasteiger partial charge on any atom is 0.333 e. The van der Waals surface area contributed by atoms with Crippen molar-refractivity contribution in [3.05, 3.63) is 41.6 Å².